The standard InChI is InChI=1S/C21H21N3O2/c1-14(15-9-5-3-6-10-15)24-13-17-18(20(24)25)19(22-21(26)23(17)2)16-11-7-4-8-12-16/h3-12,14,19H,13H2,1-2H3,(H,22,26). The molecule has 5 nitrogen and oxygen atoms in total. The summed E-state index contributed by atoms with van der Waals surface area (Å²) in [6, 6.07) is 19.0. The molecule has 2 unspecified atom stereocenters. The number of rotatable bonds is 3. The summed E-state index contributed by atoms with van der Waals surface area (Å²) in [7, 11) is 1.72. The highest BCUT2D eigenvalue weighted by molar-refractivity contribution is 6.01. The molecule has 2 aromatic carbocycles. The van der Waals surface area contributed by atoms with Crippen molar-refractivity contribution in [2.24, 2.45) is 0 Å². The fraction of sp³-hybridized carbons (Fsp3) is 0.238. The second-order valence-corrected chi connectivity index (χ2v) is 6.73. The Kier molecular flexibility index (Phi) is 3.99. The second kappa shape index (κ2) is 6.33. The molecule has 2 aromatic rings. The summed E-state index contributed by atoms with van der Waals surface area (Å²) in [5.74, 6) is -0.0166. The van der Waals surface area contributed by atoms with Gasteiger partial charge in [-0.15, -0.1) is 0 Å². The maximum absolute atomic E-state index is 13.3. The highest BCUT2D eigenvalue weighted by Gasteiger charge is 2.44. The monoisotopic (exact) mass is 347 g/mol. The van der Waals surface area contributed by atoms with Crippen LogP contribution in [0.5, 0.6) is 0 Å². The highest BCUT2D eigenvalue weighted by Crippen LogP contribution is 2.38. The average Bonchev–Trinajstić information content (AvgIpc) is 3.03. The molecule has 0 saturated carbocycles. The lowest BCUT2D eigenvalue weighted by atomic mass is 9.96. The lowest BCUT2D eigenvalue weighted by Gasteiger charge is -2.31. The molecule has 0 bridgehead atoms. The summed E-state index contributed by atoms with van der Waals surface area (Å²) >= 11 is 0. The lowest BCUT2D eigenvalue weighted by Crippen LogP contribution is -2.45. The molecular formula is C21H21N3O2. The molecule has 2 aliphatic heterocycles. The van der Waals surface area contributed by atoms with Crippen LogP contribution in [0.2, 0.25) is 0 Å². The van der Waals surface area contributed by atoms with Gasteiger partial charge in [-0.25, -0.2) is 4.79 Å². The quantitative estimate of drug-likeness (QED) is 0.927. The molecule has 5 heteroatoms. The van der Waals surface area contributed by atoms with Gasteiger partial charge in [-0.3, -0.25) is 9.69 Å². The fourth-order valence-corrected chi connectivity index (χ4v) is 3.71. The van der Waals surface area contributed by atoms with E-state index in [1.807, 2.05) is 72.5 Å². The minimum Gasteiger partial charge on any atom is -0.327 e. The van der Waals surface area contributed by atoms with Crippen molar-refractivity contribution in [1.82, 2.24) is 15.1 Å². The highest BCUT2D eigenvalue weighted by atomic mass is 16.2. The van der Waals surface area contributed by atoms with Crippen LogP contribution in [0.25, 0.3) is 0 Å². The maximum Gasteiger partial charge on any atom is 0.322 e. The van der Waals surface area contributed by atoms with E-state index in [1.165, 1.54) is 0 Å². The predicted molar refractivity (Wildman–Crippen MR) is 99.1 cm³/mol. The molecule has 2 heterocycles. The summed E-state index contributed by atoms with van der Waals surface area (Å²) in [5, 5.41) is 2.97. The zero-order chi connectivity index (χ0) is 18.3. The second-order valence-electron chi connectivity index (χ2n) is 6.73. The van der Waals surface area contributed by atoms with Gasteiger partial charge in [-0.05, 0) is 18.1 Å². The molecule has 26 heavy (non-hydrogen) atoms. The normalized spacial score (nSPS) is 20.9. The first kappa shape index (κ1) is 16.4. The first-order chi connectivity index (χ1) is 12.6. The van der Waals surface area contributed by atoms with E-state index in [-0.39, 0.29) is 18.0 Å². The SMILES string of the molecule is CC(c1ccccc1)N1CC2=C(C1=O)C(c1ccccc1)NC(=O)N2C. The zero-order valence-electron chi connectivity index (χ0n) is 14.8. The van der Waals surface area contributed by atoms with E-state index in [4.69, 9.17) is 0 Å². The van der Waals surface area contributed by atoms with Crippen LogP contribution in [0.1, 0.15) is 30.1 Å². The molecule has 2 aliphatic rings. The van der Waals surface area contributed by atoms with E-state index in [1.54, 1.807) is 11.9 Å². The van der Waals surface area contributed by atoms with E-state index >= 15 is 0 Å². The summed E-state index contributed by atoms with van der Waals surface area (Å²) < 4.78 is 0. The summed E-state index contributed by atoms with van der Waals surface area (Å²) in [4.78, 5) is 29.1. The smallest absolute Gasteiger partial charge is 0.322 e. The molecular weight excluding hydrogens is 326 g/mol. The summed E-state index contributed by atoms with van der Waals surface area (Å²) in [6.45, 7) is 2.47. The van der Waals surface area contributed by atoms with Crippen LogP contribution in [0.15, 0.2) is 71.9 Å². The molecule has 0 aliphatic carbocycles. The van der Waals surface area contributed by atoms with E-state index < -0.39 is 6.04 Å². The van der Waals surface area contributed by atoms with Crippen molar-refractivity contribution in [3.63, 3.8) is 0 Å². The van der Waals surface area contributed by atoms with Crippen molar-refractivity contribution in [2.75, 3.05) is 13.6 Å². The Hall–Kier alpha value is -3.08. The lowest BCUT2D eigenvalue weighted by molar-refractivity contribution is -0.127. The third-order valence-corrected chi connectivity index (χ3v) is 5.27. The van der Waals surface area contributed by atoms with Gasteiger partial charge >= 0.3 is 6.03 Å². The largest absolute Gasteiger partial charge is 0.327 e. The van der Waals surface area contributed by atoms with Crippen LogP contribution in [-0.2, 0) is 4.79 Å². The van der Waals surface area contributed by atoms with Crippen LogP contribution in [-0.4, -0.2) is 35.3 Å². The van der Waals surface area contributed by atoms with E-state index in [0.29, 0.717) is 12.1 Å². The Labute approximate surface area is 152 Å². The Morgan fingerprint density at radius 3 is 2.27 bits per heavy atom. The molecule has 0 saturated heterocycles. The van der Waals surface area contributed by atoms with Crippen molar-refractivity contribution in [3.05, 3.63) is 83.1 Å². The van der Waals surface area contributed by atoms with Gasteiger partial charge in [0, 0.05) is 7.05 Å². The number of carbonyl (C=O) groups excluding carboxylic acids is 2. The van der Waals surface area contributed by atoms with Crippen LogP contribution in [0, 0.1) is 0 Å². The minimum atomic E-state index is -0.407. The van der Waals surface area contributed by atoms with Crippen LogP contribution >= 0.6 is 0 Å². The topological polar surface area (TPSA) is 52.7 Å². The van der Waals surface area contributed by atoms with Crippen LogP contribution < -0.4 is 5.32 Å². The van der Waals surface area contributed by atoms with Crippen LogP contribution in [0.4, 0.5) is 4.79 Å². The van der Waals surface area contributed by atoms with Gasteiger partial charge in [-0.2, -0.15) is 0 Å². The number of urea groups is 1. The average molecular weight is 347 g/mol. The van der Waals surface area contributed by atoms with Gasteiger partial charge in [0.15, 0.2) is 0 Å². The first-order valence-corrected chi connectivity index (χ1v) is 8.76. The maximum atomic E-state index is 13.3. The van der Waals surface area contributed by atoms with Gasteiger partial charge in [0.1, 0.15) is 0 Å². The number of nitrogens with one attached hydrogen (secondary N) is 1. The zero-order valence-corrected chi connectivity index (χ0v) is 14.8. The van der Waals surface area contributed by atoms with Gasteiger partial charge in [-0.1, -0.05) is 60.7 Å². The molecule has 3 amide bonds. The molecule has 0 spiro atoms. The van der Waals surface area contributed by atoms with Crippen molar-refractivity contribution >= 4 is 11.9 Å². The summed E-state index contributed by atoms with van der Waals surface area (Å²) in [5.41, 5.74) is 3.46. The van der Waals surface area contributed by atoms with E-state index in [9.17, 15) is 9.59 Å². The first-order valence-electron chi connectivity index (χ1n) is 8.76. The van der Waals surface area contributed by atoms with Crippen molar-refractivity contribution < 1.29 is 9.59 Å². The molecule has 4 rings (SSSR count). The van der Waals surface area contributed by atoms with Crippen LogP contribution in [0.3, 0.4) is 0 Å². The molecule has 132 valence electrons. The molecule has 0 radical (unpaired) electrons. The Balaban J connectivity index is 1.71. The van der Waals surface area contributed by atoms with Crippen molar-refractivity contribution in [2.45, 2.75) is 19.0 Å². The summed E-state index contributed by atoms with van der Waals surface area (Å²) in [6.07, 6.45) is 0. The molecule has 0 aromatic heterocycles. The number of benzene rings is 2. The number of likely N-dealkylation sites (N-methyl/N-ethyl adjacent to an activating group) is 1. The predicted octanol–water partition coefficient (Wildman–Crippen LogP) is 3.24. The molecule has 1 N–H and O–H groups in total. The number of nitrogens with zero attached hydrogens (tertiary/aromatic N) is 2. The molecule has 0 fully saturated rings. The third kappa shape index (κ3) is 2.56. The number of hydrogen-bond acceptors (Lipinski definition) is 2. The number of carbonyl (C=O) groups is 2. The van der Waals surface area contributed by atoms with Gasteiger partial charge < -0.3 is 10.2 Å². The van der Waals surface area contributed by atoms with Crippen molar-refractivity contribution in [1.29, 1.82) is 0 Å². The van der Waals surface area contributed by atoms with Gasteiger partial charge in [0.25, 0.3) is 5.91 Å². The van der Waals surface area contributed by atoms with Gasteiger partial charge in [0.2, 0.25) is 0 Å². The molecule has 2 atom stereocenters. The number of amides is 3. The fourth-order valence-electron chi connectivity index (χ4n) is 3.71. The Bertz CT molecular complexity index is 877. The van der Waals surface area contributed by atoms with Crippen molar-refractivity contribution in [3.8, 4) is 0 Å². The van der Waals surface area contributed by atoms with E-state index in [0.717, 1.165) is 16.8 Å². The Morgan fingerprint density at radius 2 is 1.62 bits per heavy atom. The third-order valence-electron chi connectivity index (χ3n) is 5.27. The minimum absolute atomic E-state index is 0.0166. The van der Waals surface area contributed by atoms with Gasteiger partial charge in [0.05, 0.1) is 29.9 Å². The Morgan fingerprint density at radius 1 is 1.00 bits per heavy atom. The number of hydrogen-bond donors (Lipinski definition) is 1. The van der Waals surface area contributed by atoms with E-state index in [2.05, 4.69) is 5.32 Å².